The van der Waals surface area contributed by atoms with Gasteiger partial charge < -0.3 is 14.6 Å². The standard InChI is InChI=1S/C18H19N5O2S/c1-19-18(26)22-21-16(24)11-23-15-6-4-3-5-14(15)20-17(23)12-7-9-13(25-2)10-8-12/h3-10H,11H2,1-2H3,(H,21,24)(H2,19,22,26). The minimum Gasteiger partial charge on any atom is -0.497 e. The summed E-state index contributed by atoms with van der Waals surface area (Å²) < 4.78 is 7.08. The van der Waals surface area contributed by atoms with Gasteiger partial charge in [-0.1, -0.05) is 12.1 Å². The van der Waals surface area contributed by atoms with E-state index in [-0.39, 0.29) is 12.5 Å². The number of amides is 1. The van der Waals surface area contributed by atoms with Gasteiger partial charge in [0.2, 0.25) is 0 Å². The summed E-state index contributed by atoms with van der Waals surface area (Å²) in [5.41, 5.74) is 7.81. The first-order valence-electron chi connectivity index (χ1n) is 7.98. The van der Waals surface area contributed by atoms with Gasteiger partial charge >= 0.3 is 0 Å². The van der Waals surface area contributed by atoms with E-state index in [4.69, 9.17) is 17.0 Å². The number of benzene rings is 2. The number of hydrogen-bond acceptors (Lipinski definition) is 4. The van der Waals surface area contributed by atoms with Crippen molar-refractivity contribution >= 4 is 34.3 Å². The fourth-order valence-electron chi connectivity index (χ4n) is 2.57. The number of nitrogens with one attached hydrogen (secondary N) is 3. The molecule has 0 atom stereocenters. The maximum Gasteiger partial charge on any atom is 0.258 e. The van der Waals surface area contributed by atoms with Gasteiger partial charge in [0, 0.05) is 12.6 Å². The van der Waals surface area contributed by atoms with Crippen molar-refractivity contribution < 1.29 is 9.53 Å². The molecule has 0 aliphatic rings. The molecule has 3 N–H and O–H groups in total. The van der Waals surface area contributed by atoms with Crippen LogP contribution in [0.25, 0.3) is 22.4 Å². The fraction of sp³-hybridized carbons (Fsp3) is 0.167. The van der Waals surface area contributed by atoms with Gasteiger partial charge in [-0.2, -0.15) is 0 Å². The molecule has 0 spiro atoms. The summed E-state index contributed by atoms with van der Waals surface area (Å²) in [5, 5.41) is 3.07. The van der Waals surface area contributed by atoms with E-state index >= 15 is 0 Å². The summed E-state index contributed by atoms with van der Waals surface area (Å²) in [6.45, 7) is 0.0984. The Labute approximate surface area is 156 Å². The zero-order valence-electron chi connectivity index (χ0n) is 14.4. The number of methoxy groups -OCH3 is 1. The number of carbonyl (C=O) groups is 1. The topological polar surface area (TPSA) is 80.2 Å². The lowest BCUT2D eigenvalue weighted by Crippen LogP contribution is -2.46. The van der Waals surface area contributed by atoms with Crippen molar-refractivity contribution in [3.63, 3.8) is 0 Å². The normalized spacial score (nSPS) is 10.4. The van der Waals surface area contributed by atoms with Crippen molar-refractivity contribution in [2.24, 2.45) is 0 Å². The lowest BCUT2D eigenvalue weighted by atomic mass is 10.2. The van der Waals surface area contributed by atoms with E-state index in [0.717, 1.165) is 22.3 Å². The molecular formula is C18H19N5O2S. The second-order valence-electron chi connectivity index (χ2n) is 5.49. The SMILES string of the molecule is CNC(=S)NNC(=O)Cn1c(-c2ccc(OC)cc2)nc2ccccc21. The number of aromatic nitrogens is 2. The van der Waals surface area contributed by atoms with Crippen LogP contribution in [0, 0.1) is 0 Å². The summed E-state index contributed by atoms with van der Waals surface area (Å²) in [6.07, 6.45) is 0. The van der Waals surface area contributed by atoms with E-state index < -0.39 is 0 Å². The van der Waals surface area contributed by atoms with Crippen LogP contribution in [0.1, 0.15) is 0 Å². The second-order valence-corrected chi connectivity index (χ2v) is 5.90. The number of rotatable bonds is 4. The molecule has 0 unspecified atom stereocenters. The maximum absolute atomic E-state index is 12.3. The molecule has 0 saturated carbocycles. The zero-order chi connectivity index (χ0) is 18.5. The van der Waals surface area contributed by atoms with Crippen molar-refractivity contribution in [3.8, 4) is 17.1 Å². The maximum atomic E-state index is 12.3. The Kier molecular flexibility index (Phi) is 5.33. The van der Waals surface area contributed by atoms with Gasteiger partial charge in [-0.3, -0.25) is 15.6 Å². The number of thiocarbonyl (C=S) groups is 1. The summed E-state index contributed by atoms with van der Waals surface area (Å²) in [4.78, 5) is 17.0. The number of para-hydroxylation sites is 2. The number of nitrogens with zero attached hydrogens (tertiary/aromatic N) is 2. The lowest BCUT2D eigenvalue weighted by molar-refractivity contribution is -0.122. The molecule has 26 heavy (non-hydrogen) atoms. The van der Waals surface area contributed by atoms with Gasteiger partial charge in [0.15, 0.2) is 5.11 Å². The first-order valence-corrected chi connectivity index (χ1v) is 8.39. The van der Waals surface area contributed by atoms with E-state index in [1.165, 1.54) is 0 Å². The van der Waals surface area contributed by atoms with E-state index in [1.807, 2.05) is 53.1 Å². The van der Waals surface area contributed by atoms with Crippen molar-refractivity contribution in [1.82, 2.24) is 25.7 Å². The van der Waals surface area contributed by atoms with Gasteiger partial charge in [-0.25, -0.2) is 4.98 Å². The molecule has 1 heterocycles. The third-order valence-corrected chi connectivity index (χ3v) is 4.15. The molecule has 1 amide bonds. The average Bonchev–Trinajstić information content (AvgIpc) is 3.04. The van der Waals surface area contributed by atoms with Crippen molar-refractivity contribution in [2.75, 3.05) is 14.2 Å². The molecule has 0 aliphatic carbocycles. The van der Waals surface area contributed by atoms with E-state index in [9.17, 15) is 4.79 Å². The van der Waals surface area contributed by atoms with Crippen LogP contribution in [0.2, 0.25) is 0 Å². The fourth-order valence-corrected chi connectivity index (χ4v) is 2.62. The molecule has 1 aromatic heterocycles. The highest BCUT2D eigenvalue weighted by Gasteiger charge is 2.15. The molecule has 2 aromatic carbocycles. The number of hydrogen-bond donors (Lipinski definition) is 3. The lowest BCUT2D eigenvalue weighted by Gasteiger charge is -2.12. The smallest absolute Gasteiger partial charge is 0.258 e. The third kappa shape index (κ3) is 3.75. The second kappa shape index (κ2) is 7.83. The van der Waals surface area contributed by atoms with Crippen LogP contribution in [0.4, 0.5) is 0 Å². The number of carbonyl (C=O) groups excluding carboxylic acids is 1. The zero-order valence-corrected chi connectivity index (χ0v) is 15.3. The third-order valence-electron chi connectivity index (χ3n) is 3.85. The highest BCUT2D eigenvalue weighted by molar-refractivity contribution is 7.80. The van der Waals surface area contributed by atoms with Crippen LogP contribution in [0.5, 0.6) is 5.75 Å². The predicted molar refractivity (Wildman–Crippen MR) is 105 cm³/mol. The van der Waals surface area contributed by atoms with Crippen molar-refractivity contribution in [2.45, 2.75) is 6.54 Å². The van der Waals surface area contributed by atoms with E-state index in [0.29, 0.717) is 10.9 Å². The molecule has 3 aromatic rings. The Morgan fingerprint density at radius 1 is 1.15 bits per heavy atom. The van der Waals surface area contributed by atoms with Crippen LogP contribution in [-0.2, 0) is 11.3 Å². The molecular weight excluding hydrogens is 350 g/mol. The van der Waals surface area contributed by atoms with Crippen molar-refractivity contribution in [3.05, 3.63) is 48.5 Å². The van der Waals surface area contributed by atoms with Crippen LogP contribution in [0.15, 0.2) is 48.5 Å². The van der Waals surface area contributed by atoms with E-state index in [1.54, 1.807) is 14.2 Å². The minimum absolute atomic E-state index is 0.0984. The summed E-state index contributed by atoms with van der Waals surface area (Å²) >= 11 is 4.96. The molecule has 7 nitrogen and oxygen atoms in total. The number of ether oxygens (including phenoxy) is 1. The Bertz CT molecular complexity index is 936. The Morgan fingerprint density at radius 2 is 1.88 bits per heavy atom. The number of hydrazine groups is 1. The Hall–Kier alpha value is -3.13. The highest BCUT2D eigenvalue weighted by atomic mass is 32.1. The van der Waals surface area contributed by atoms with E-state index in [2.05, 4.69) is 21.2 Å². The van der Waals surface area contributed by atoms with Gasteiger partial charge in [-0.05, 0) is 48.6 Å². The predicted octanol–water partition coefficient (Wildman–Crippen LogP) is 1.84. The monoisotopic (exact) mass is 369 g/mol. The first-order chi connectivity index (χ1) is 12.6. The van der Waals surface area contributed by atoms with Gasteiger partial charge in [-0.15, -0.1) is 0 Å². The number of imidazole rings is 1. The molecule has 0 bridgehead atoms. The molecule has 134 valence electrons. The van der Waals surface area contributed by atoms with Crippen LogP contribution in [0.3, 0.4) is 0 Å². The van der Waals surface area contributed by atoms with Gasteiger partial charge in [0.25, 0.3) is 5.91 Å². The summed E-state index contributed by atoms with van der Waals surface area (Å²) in [7, 11) is 3.30. The highest BCUT2D eigenvalue weighted by Crippen LogP contribution is 2.26. The number of fused-ring (bicyclic) bond motifs is 1. The summed E-state index contributed by atoms with van der Waals surface area (Å²) in [6, 6.07) is 15.3. The quantitative estimate of drug-likeness (QED) is 0.481. The van der Waals surface area contributed by atoms with Crippen LogP contribution in [-0.4, -0.2) is 34.7 Å². The molecule has 8 heteroatoms. The van der Waals surface area contributed by atoms with Gasteiger partial charge in [0.1, 0.15) is 18.1 Å². The molecule has 3 rings (SSSR count). The molecule has 0 radical (unpaired) electrons. The van der Waals surface area contributed by atoms with Gasteiger partial charge in [0.05, 0.1) is 18.1 Å². The van der Waals surface area contributed by atoms with Crippen LogP contribution >= 0.6 is 12.2 Å². The Morgan fingerprint density at radius 3 is 2.58 bits per heavy atom. The molecule has 0 aliphatic heterocycles. The molecule has 0 saturated heterocycles. The van der Waals surface area contributed by atoms with Crippen LogP contribution < -0.4 is 20.9 Å². The first kappa shape index (κ1) is 17.7. The Balaban J connectivity index is 1.94. The summed E-state index contributed by atoms with van der Waals surface area (Å²) in [5.74, 6) is 1.24. The average molecular weight is 369 g/mol. The largest absolute Gasteiger partial charge is 0.497 e. The minimum atomic E-state index is -0.236. The van der Waals surface area contributed by atoms with Crippen molar-refractivity contribution in [1.29, 1.82) is 0 Å². The molecule has 0 fully saturated rings.